The van der Waals surface area contributed by atoms with Crippen molar-refractivity contribution in [2.75, 3.05) is 13.1 Å². The molecule has 3 atom stereocenters. The lowest BCUT2D eigenvalue weighted by Gasteiger charge is -2.29. The van der Waals surface area contributed by atoms with Gasteiger partial charge in [-0.1, -0.05) is 13.8 Å². The number of carboxylic acids is 1. The molecule has 98 valence electrons. The van der Waals surface area contributed by atoms with Crippen molar-refractivity contribution in [3.8, 4) is 0 Å². The Morgan fingerprint density at radius 1 is 1.53 bits per heavy atom. The van der Waals surface area contributed by atoms with E-state index in [0.29, 0.717) is 12.5 Å². The molecule has 5 heteroatoms. The summed E-state index contributed by atoms with van der Waals surface area (Å²) in [7, 11) is 0. The van der Waals surface area contributed by atoms with Gasteiger partial charge in [-0.25, -0.2) is 0 Å². The molecule has 3 unspecified atom stereocenters. The first kappa shape index (κ1) is 14.0. The van der Waals surface area contributed by atoms with Gasteiger partial charge < -0.3 is 15.7 Å². The SMILES string of the molecule is CC(CNC(=O)C1NCCCC1C)CC(=O)O. The lowest BCUT2D eigenvalue weighted by molar-refractivity contribution is -0.138. The summed E-state index contributed by atoms with van der Waals surface area (Å²) in [4.78, 5) is 22.4. The summed E-state index contributed by atoms with van der Waals surface area (Å²) >= 11 is 0. The number of hydrogen-bond donors (Lipinski definition) is 3. The third-order valence-electron chi connectivity index (χ3n) is 3.20. The van der Waals surface area contributed by atoms with Gasteiger partial charge >= 0.3 is 5.97 Å². The van der Waals surface area contributed by atoms with Crippen LogP contribution >= 0.6 is 0 Å². The molecule has 0 aromatic rings. The first-order chi connectivity index (χ1) is 8.00. The van der Waals surface area contributed by atoms with Crippen LogP contribution in [-0.2, 0) is 9.59 Å². The molecule has 0 aromatic heterocycles. The average molecular weight is 242 g/mol. The van der Waals surface area contributed by atoms with Gasteiger partial charge in [-0.05, 0) is 31.2 Å². The molecule has 3 N–H and O–H groups in total. The highest BCUT2D eigenvalue weighted by atomic mass is 16.4. The third kappa shape index (κ3) is 4.73. The van der Waals surface area contributed by atoms with Crippen molar-refractivity contribution in [1.29, 1.82) is 0 Å². The molecule has 1 rings (SSSR count). The molecule has 0 saturated carbocycles. The second-order valence-corrected chi connectivity index (χ2v) is 5.00. The molecule has 1 heterocycles. The molecule has 0 aliphatic carbocycles. The van der Waals surface area contributed by atoms with Crippen LogP contribution in [0.4, 0.5) is 0 Å². The molecule has 0 spiro atoms. The number of piperidine rings is 1. The van der Waals surface area contributed by atoms with Gasteiger partial charge in [0.15, 0.2) is 0 Å². The predicted octanol–water partition coefficient (Wildman–Crippen LogP) is 0.601. The van der Waals surface area contributed by atoms with E-state index in [0.717, 1.165) is 19.4 Å². The van der Waals surface area contributed by atoms with E-state index in [-0.39, 0.29) is 24.3 Å². The van der Waals surface area contributed by atoms with Crippen molar-refractivity contribution in [3.63, 3.8) is 0 Å². The number of amides is 1. The maximum atomic E-state index is 11.9. The fourth-order valence-electron chi connectivity index (χ4n) is 2.16. The molecule has 1 saturated heterocycles. The zero-order valence-corrected chi connectivity index (χ0v) is 10.5. The molecule has 0 aromatic carbocycles. The van der Waals surface area contributed by atoms with Gasteiger partial charge in [0.2, 0.25) is 5.91 Å². The number of nitrogens with one attached hydrogen (secondary N) is 2. The van der Waals surface area contributed by atoms with E-state index in [1.165, 1.54) is 0 Å². The van der Waals surface area contributed by atoms with Crippen molar-refractivity contribution in [2.24, 2.45) is 11.8 Å². The molecule has 17 heavy (non-hydrogen) atoms. The zero-order valence-electron chi connectivity index (χ0n) is 10.5. The van der Waals surface area contributed by atoms with Crippen LogP contribution in [0.2, 0.25) is 0 Å². The van der Waals surface area contributed by atoms with Crippen molar-refractivity contribution in [3.05, 3.63) is 0 Å². The molecule has 1 fully saturated rings. The molecular formula is C12H22N2O3. The minimum atomic E-state index is -0.823. The molecular weight excluding hydrogens is 220 g/mol. The first-order valence-corrected chi connectivity index (χ1v) is 6.23. The molecule has 1 aliphatic heterocycles. The Bertz CT molecular complexity index is 281. The fourth-order valence-corrected chi connectivity index (χ4v) is 2.16. The molecule has 1 aliphatic rings. The van der Waals surface area contributed by atoms with Crippen molar-refractivity contribution < 1.29 is 14.7 Å². The monoisotopic (exact) mass is 242 g/mol. The molecule has 5 nitrogen and oxygen atoms in total. The van der Waals surface area contributed by atoms with Crippen LogP contribution in [0.1, 0.15) is 33.1 Å². The number of carbonyl (C=O) groups excluding carboxylic acids is 1. The van der Waals surface area contributed by atoms with Crippen LogP contribution in [0.15, 0.2) is 0 Å². The van der Waals surface area contributed by atoms with Crippen LogP contribution in [0, 0.1) is 11.8 Å². The largest absolute Gasteiger partial charge is 0.481 e. The van der Waals surface area contributed by atoms with Crippen molar-refractivity contribution in [2.45, 2.75) is 39.2 Å². The second-order valence-electron chi connectivity index (χ2n) is 5.00. The van der Waals surface area contributed by atoms with E-state index < -0.39 is 5.97 Å². The second kappa shape index (κ2) is 6.59. The van der Waals surface area contributed by atoms with Gasteiger partial charge in [0.25, 0.3) is 0 Å². The summed E-state index contributed by atoms with van der Waals surface area (Å²) in [6.45, 7) is 5.20. The number of carbonyl (C=O) groups is 2. The minimum absolute atomic E-state index is 0.00515. The van der Waals surface area contributed by atoms with Crippen molar-refractivity contribution >= 4 is 11.9 Å². The number of hydrogen-bond acceptors (Lipinski definition) is 3. The Balaban J connectivity index is 2.30. The van der Waals surface area contributed by atoms with E-state index in [4.69, 9.17) is 5.11 Å². The van der Waals surface area contributed by atoms with Crippen LogP contribution < -0.4 is 10.6 Å². The molecule has 0 bridgehead atoms. The number of rotatable bonds is 5. The first-order valence-electron chi connectivity index (χ1n) is 6.23. The summed E-state index contributed by atoms with van der Waals surface area (Å²) in [5.41, 5.74) is 0. The quantitative estimate of drug-likeness (QED) is 0.659. The highest BCUT2D eigenvalue weighted by Crippen LogP contribution is 2.15. The zero-order chi connectivity index (χ0) is 12.8. The smallest absolute Gasteiger partial charge is 0.303 e. The van der Waals surface area contributed by atoms with E-state index in [2.05, 4.69) is 17.6 Å². The standard InChI is InChI=1S/C12H22N2O3/c1-8(6-10(15)16)7-14-12(17)11-9(2)4-3-5-13-11/h8-9,11,13H,3-7H2,1-2H3,(H,14,17)(H,15,16). The lowest BCUT2D eigenvalue weighted by atomic mass is 9.92. The van der Waals surface area contributed by atoms with Gasteiger partial charge in [-0.3, -0.25) is 9.59 Å². The maximum Gasteiger partial charge on any atom is 0.303 e. The Morgan fingerprint density at radius 2 is 2.24 bits per heavy atom. The summed E-state index contributed by atoms with van der Waals surface area (Å²) in [5.74, 6) is -0.515. The summed E-state index contributed by atoms with van der Waals surface area (Å²) in [5, 5.41) is 14.6. The number of aliphatic carboxylic acids is 1. The summed E-state index contributed by atoms with van der Waals surface area (Å²) < 4.78 is 0. The van der Waals surface area contributed by atoms with E-state index in [9.17, 15) is 9.59 Å². The topological polar surface area (TPSA) is 78.4 Å². The summed E-state index contributed by atoms with van der Waals surface area (Å²) in [6, 6.07) is -0.124. The third-order valence-corrected chi connectivity index (χ3v) is 3.20. The average Bonchev–Trinajstić information content (AvgIpc) is 2.25. The van der Waals surface area contributed by atoms with E-state index >= 15 is 0 Å². The van der Waals surface area contributed by atoms with Gasteiger partial charge in [-0.15, -0.1) is 0 Å². The minimum Gasteiger partial charge on any atom is -0.481 e. The van der Waals surface area contributed by atoms with Gasteiger partial charge in [-0.2, -0.15) is 0 Å². The van der Waals surface area contributed by atoms with Gasteiger partial charge in [0, 0.05) is 13.0 Å². The van der Waals surface area contributed by atoms with Crippen LogP contribution in [0.3, 0.4) is 0 Å². The molecule has 0 radical (unpaired) electrons. The highest BCUT2D eigenvalue weighted by molar-refractivity contribution is 5.82. The fraction of sp³-hybridized carbons (Fsp3) is 0.833. The number of carboxylic acid groups (broad SMARTS) is 1. The van der Waals surface area contributed by atoms with Gasteiger partial charge in [0.05, 0.1) is 6.04 Å². The Kier molecular flexibility index (Phi) is 5.41. The normalized spacial score (nSPS) is 26.2. The molecule has 1 amide bonds. The Morgan fingerprint density at radius 3 is 2.82 bits per heavy atom. The Labute approximate surface area is 102 Å². The highest BCUT2D eigenvalue weighted by Gasteiger charge is 2.27. The van der Waals surface area contributed by atoms with Crippen LogP contribution in [0.5, 0.6) is 0 Å². The predicted molar refractivity (Wildman–Crippen MR) is 64.6 cm³/mol. The van der Waals surface area contributed by atoms with Crippen LogP contribution in [-0.4, -0.2) is 36.1 Å². The van der Waals surface area contributed by atoms with E-state index in [1.807, 2.05) is 6.92 Å². The van der Waals surface area contributed by atoms with Crippen molar-refractivity contribution in [1.82, 2.24) is 10.6 Å². The van der Waals surface area contributed by atoms with Gasteiger partial charge in [0.1, 0.15) is 0 Å². The maximum absolute atomic E-state index is 11.9. The van der Waals surface area contributed by atoms with E-state index in [1.54, 1.807) is 0 Å². The van der Waals surface area contributed by atoms with Crippen LogP contribution in [0.25, 0.3) is 0 Å². The lowest BCUT2D eigenvalue weighted by Crippen LogP contribution is -2.51. The Hall–Kier alpha value is -1.10. The summed E-state index contributed by atoms with van der Waals surface area (Å²) in [6.07, 6.45) is 2.27.